The molecule has 0 bridgehead atoms. The van der Waals surface area contributed by atoms with Gasteiger partial charge in [0.15, 0.2) is 0 Å². The number of hydrogen-bond donors (Lipinski definition) is 1. The third-order valence-electron chi connectivity index (χ3n) is 2.09. The Bertz CT molecular complexity index is 308. The minimum Gasteiger partial charge on any atom is -0.330 e. The number of rotatable bonds is 6. The van der Waals surface area contributed by atoms with Crippen LogP contribution in [0.3, 0.4) is 0 Å². The van der Waals surface area contributed by atoms with Crippen LogP contribution in [0.5, 0.6) is 0 Å². The van der Waals surface area contributed by atoms with Crippen molar-refractivity contribution in [2.75, 3.05) is 12.3 Å². The van der Waals surface area contributed by atoms with E-state index in [1.54, 1.807) is 11.8 Å². The van der Waals surface area contributed by atoms with Gasteiger partial charge in [0.2, 0.25) is 0 Å². The predicted molar refractivity (Wildman–Crippen MR) is 65.2 cm³/mol. The highest BCUT2D eigenvalue weighted by atomic mass is 32.2. The van der Waals surface area contributed by atoms with E-state index in [9.17, 15) is 4.79 Å². The van der Waals surface area contributed by atoms with E-state index in [1.165, 1.54) is 10.5 Å². The maximum absolute atomic E-state index is 11.2. The van der Waals surface area contributed by atoms with E-state index >= 15 is 0 Å². The fourth-order valence-electron chi connectivity index (χ4n) is 1.20. The second-order valence-corrected chi connectivity index (χ2v) is 4.66. The molecule has 1 aromatic rings. The molecule has 0 atom stereocenters. The third kappa shape index (κ3) is 5.00. The predicted octanol–water partition coefficient (Wildman–Crippen LogP) is 2.40. The molecule has 0 spiro atoms. The fourth-order valence-corrected chi connectivity index (χ4v) is 2.10. The smallest absolute Gasteiger partial charge is 0.135 e. The van der Waals surface area contributed by atoms with E-state index < -0.39 is 0 Å². The molecular formula is C12H17NOS. The topological polar surface area (TPSA) is 43.1 Å². The second-order valence-electron chi connectivity index (χ2n) is 3.49. The first-order chi connectivity index (χ1) is 7.22. The van der Waals surface area contributed by atoms with E-state index in [4.69, 9.17) is 5.73 Å². The van der Waals surface area contributed by atoms with Gasteiger partial charge in [-0.3, -0.25) is 4.79 Å². The summed E-state index contributed by atoms with van der Waals surface area (Å²) in [4.78, 5) is 12.4. The van der Waals surface area contributed by atoms with Gasteiger partial charge in [-0.25, -0.2) is 0 Å². The van der Waals surface area contributed by atoms with Crippen molar-refractivity contribution in [1.29, 1.82) is 0 Å². The van der Waals surface area contributed by atoms with Crippen LogP contribution in [0, 0.1) is 6.92 Å². The summed E-state index contributed by atoms with van der Waals surface area (Å²) in [6, 6.07) is 8.36. The Hall–Kier alpha value is -0.800. The normalized spacial score (nSPS) is 10.3. The van der Waals surface area contributed by atoms with Crippen LogP contribution >= 0.6 is 11.8 Å². The molecule has 1 rings (SSSR count). The van der Waals surface area contributed by atoms with Gasteiger partial charge >= 0.3 is 0 Å². The van der Waals surface area contributed by atoms with Gasteiger partial charge in [-0.05, 0) is 25.6 Å². The van der Waals surface area contributed by atoms with Gasteiger partial charge in [0, 0.05) is 23.5 Å². The van der Waals surface area contributed by atoms with Gasteiger partial charge in [-0.2, -0.15) is 0 Å². The molecule has 0 heterocycles. The number of nitrogens with two attached hydrogens (primary N) is 1. The monoisotopic (exact) mass is 223 g/mol. The minimum absolute atomic E-state index is 0.261. The zero-order valence-electron chi connectivity index (χ0n) is 9.03. The molecular weight excluding hydrogens is 206 g/mol. The van der Waals surface area contributed by atoms with Crippen LogP contribution in [0.25, 0.3) is 0 Å². The van der Waals surface area contributed by atoms with Crippen LogP contribution in [0.4, 0.5) is 0 Å². The molecule has 0 amide bonds. The van der Waals surface area contributed by atoms with Crippen molar-refractivity contribution in [1.82, 2.24) is 0 Å². The Morgan fingerprint density at radius 3 is 2.53 bits per heavy atom. The van der Waals surface area contributed by atoms with E-state index in [-0.39, 0.29) is 5.78 Å². The van der Waals surface area contributed by atoms with Crippen molar-refractivity contribution in [3.63, 3.8) is 0 Å². The molecule has 0 aliphatic rings. The van der Waals surface area contributed by atoms with E-state index in [1.807, 2.05) is 0 Å². The summed E-state index contributed by atoms with van der Waals surface area (Å²) in [6.45, 7) is 2.53. The Balaban J connectivity index is 2.26. The van der Waals surface area contributed by atoms with Crippen LogP contribution in [0.1, 0.15) is 18.4 Å². The van der Waals surface area contributed by atoms with Crippen LogP contribution in [0.15, 0.2) is 29.2 Å². The van der Waals surface area contributed by atoms with Gasteiger partial charge < -0.3 is 5.73 Å². The lowest BCUT2D eigenvalue weighted by atomic mass is 10.2. The number of carbonyl (C=O) groups excluding carboxylic acids is 1. The zero-order chi connectivity index (χ0) is 11.1. The highest BCUT2D eigenvalue weighted by Crippen LogP contribution is 2.19. The summed E-state index contributed by atoms with van der Waals surface area (Å²) >= 11 is 1.72. The molecule has 0 aliphatic carbocycles. The number of carbonyl (C=O) groups is 1. The maximum Gasteiger partial charge on any atom is 0.135 e. The van der Waals surface area contributed by atoms with Crippen molar-refractivity contribution < 1.29 is 4.79 Å². The largest absolute Gasteiger partial charge is 0.330 e. The summed E-state index contributed by atoms with van der Waals surface area (Å²) < 4.78 is 0. The average Bonchev–Trinajstić information content (AvgIpc) is 2.21. The first kappa shape index (κ1) is 12.3. The maximum atomic E-state index is 11.2. The van der Waals surface area contributed by atoms with Gasteiger partial charge in [-0.1, -0.05) is 17.7 Å². The van der Waals surface area contributed by atoms with Gasteiger partial charge in [0.25, 0.3) is 0 Å². The van der Waals surface area contributed by atoms with Crippen LogP contribution in [0.2, 0.25) is 0 Å². The van der Waals surface area contributed by atoms with E-state index in [0.29, 0.717) is 19.4 Å². The van der Waals surface area contributed by atoms with Gasteiger partial charge in [-0.15, -0.1) is 11.8 Å². The number of benzene rings is 1. The lowest BCUT2D eigenvalue weighted by Crippen LogP contribution is -2.08. The SMILES string of the molecule is Cc1ccc(SCCC(=O)CCN)cc1. The molecule has 1 aromatic carbocycles. The van der Waals surface area contributed by atoms with Gasteiger partial charge in [0.1, 0.15) is 5.78 Å². The Morgan fingerprint density at radius 1 is 1.27 bits per heavy atom. The highest BCUT2D eigenvalue weighted by Gasteiger charge is 2.00. The van der Waals surface area contributed by atoms with Crippen molar-refractivity contribution in [3.8, 4) is 0 Å². The number of hydrogen-bond acceptors (Lipinski definition) is 3. The van der Waals surface area contributed by atoms with Crippen molar-refractivity contribution in [3.05, 3.63) is 29.8 Å². The number of aryl methyl sites for hydroxylation is 1. The fraction of sp³-hybridized carbons (Fsp3) is 0.417. The highest BCUT2D eigenvalue weighted by molar-refractivity contribution is 7.99. The second kappa shape index (κ2) is 6.64. The molecule has 82 valence electrons. The van der Waals surface area contributed by atoms with E-state index in [0.717, 1.165) is 5.75 Å². The lowest BCUT2D eigenvalue weighted by Gasteiger charge is -2.01. The average molecular weight is 223 g/mol. The molecule has 0 saturated heterocycles. The Kier molecular flexibility index (Phi) is 5.43. The molecule has 0 radical (unpaired) electrons. The van der Waals surface area contributed by atoms with Crippen molar-refractivity contribution in [2.24, 2.45) is 5.73 Å². The summed E-state index contributed by atoms with van der Waals surface area (Å²) in [5, 5.41) is 0. The van der Waals surface area contributed by atoms with Crippen LogP contribution in [-0.2, 0) is 4.79 Å². The van der Waals surface area contributed by atoms with E-state index in [2.05, 4.69) is 31.2 Å². The van der Waals surface area contributed by atoms with Crippen LogP contribution < -0.4 is 5.73 Å². The molecule has 2 nitrogen and oxygen atoms in total. The molecule has 0 aliphatic heterocycles. The molecule has 15 heavy (non-hydrogen) atoms. The molecule has 0 fully saturated rings. The Morgan fingerprint density at radius 2 is 1.93 bits per heavy atom. The molecule has 2 N–H and O–H groups in total. The molecule has 0 unspecified atom stereocenters. The quantitative estimate of drug-likeness (QED) is 0.753. The molecule has 3 heteroatoms. The first-order valence-electron chi connectivity index (χ1n) is 5.13. The van der Waals surface area contributed by atoms with Crippen molar-refractivity contribution in [2.45, 2.75) is 24.7 Å². The van der Waals surface area contributed by atoms with Crippen molar-refractivity contribution >= 4 is 17.5 Å². The summed E-state index contributed by atoms with van der Waals surface area (Å²) in [5.41, 5.74) is 6.56. The Labute approximate surface area is 95.2 Å². The third-order valence-corrected chi connectivity index (χ3v) is 3.11. The zero-order valence-corrected chi connectivity index (χ0v) is 9.85. The number of thioether (sulfide) groups is 1. The summed E-state index contributed by atoms with van der Waals surface area (Å²) in [5.74, 6) is 1.11. The van der Waals surface area contributed by atoms with Crippen LogP contribution in [-0.4, -0.2) is 18.1 Å². The summed E-state index contributed by atoms with van der Waals surface area (Å²) in [7, 11) is 0. The standard InChI is InChI=1S/C12H17NOS/c1-10-2-4-12(5-3-10)15-9-7-11(14)6-8-13/h2-5H,6-9,13H2,1H3. The summed E-state index contributed by atoms with van der Waals surface area (Å²) in [6.07, 6.45) is 1.13. The first-order valence-corrected chi connectivity index (χ1v) is 6.12. The molecule has 0 aromatic heterocycles. The molecule has 0 saturated carbocycles. The lowest BCUT2D eigenvalue weighted by molar-refractivity contribution is -0.118. The number of Topliss-reactive ketones (excluding diaryl/α,β-unsaturated/α-hetero) is 1. The number of ketones is 1. The van der Waals surface area contributed by atoms with Gasteiger partial charge in [0.05, 0.1) is 0 Å². The minimum atomic E-state index is 0.261.